The molecule has 0 unspecified atom stereocenters. The molecule has 0 saturated heterocycles. The fourth-order valence-electron chi connectivity index (χ4n) is 1.97. The second kappa shape index (κ2) is 4.68. The van der Waals surface area contributed by atoms with Gasteiger partial charge in [-0.2, -0.15) is 0 Å². The second-order valence-electron chi connectivity index (χ2n) is 4.54. The molecule has 4 heteroatoms. The molecule has 1 heterocycles. The Labute approximate surface area is 95.3 Å². The molecule has 1 N–H and O–H groups in total. The lowest BCUT2D eigenvalue weighted by Gasteiger charge is -2.30. The van der Waals surface area contributed by atoms with Gasteiger partial charge in [-0.15, -0.1) is 0 Å². The molecule has 1 atom stereocenters. The smallest absolute Gasteiger partial charge is 0.295 e. The number of aryl methyl sites for hydroxylation is 1. The fraction of sp³-hybridized carbons (Fsp3) is 0.667. The van der Waals surface area contributed by atoms with Crippen LogP contribution in [0.4, 0.5) is 0 Å². The number of H-pyrrole nitrogens is 1. The molecule has 0 saturated carbocycles. The van der Waals surface area contributed by atoms with E-state index in [-0.39, 0.29) is 16.8 Å². The largest absolute Gasteiger partial charge is 0.328 e. The number of hydrogen-bond donors (Lipinski definition) is 1. The molecule has 0 aliphatic heterocycles. The van der Waals surface area contributed by atoms with Crippen molar-refractivity contribution in [3.05, 3.63) is 32.6 Å². The van der Waals surface area contributed by atoms with Crippen LogP contribution in [0, 0.1) is 6.92 Å². The van der Waals surface area contributed by atoms with Gasteiger partial charge in [0.25, 0.3) is 5.56 Å². The van der Waals surface area contributed by atoms with Crippen molar-refractivity contribution < 1.29 is 0 Å². The quantitative estimate of drug-likeness (QED) is 0.847. The topological polar surface area (TPSA) is 54.9 Å². The maximum Gasteiger partial charge on any atom is 0.328 e. The first kappa shape index (κ1) is 12.7. The molecule has 0 amide bonds. The van der Waals surface area contributed by atoms with Gasteiger partial charge in [0.1, 0.15) is 0 Å². The van der Waals surface area contributed by atoms with Crippen LogP contribution in [-0.4, -0.2) is 9.55 Å². The van der Waals surface area contributed by atoms with Gasteiger partial charge in [-0.1, -0.05) is 20.3 Å². The SMILES string of the molecule is CCC[C@@](C)(CC)n1cc(C)c(=O)[nH]c1=O. The molecule has 0 aromatic carbocycles. The van der Waals surface area contributed by atoms with Crippen LogP contribution < -0.4 is 11.2 Å². The van der Waals surface area contributed by atoms with E-state index in [0.29, 0.717) is 5.56 Å². The van der Waals surface area contributed by atoms with Crippen molar-refractivity contribution >= 4 is 0 Å². The van der Waals surface area contributed by atoms with Crippen LogP contribution >= 0.6 is 0 Å². The second-order valence-corrected chi connectivity index (χ2v) is 4.54. The minimum atomic E-state index is -0.312. The molecule has 1 rings (SSSR count). The molecule has 0 radical (unpaired) electrons. The van der Waals surface area contributed by atoms with Crippen molar-refractivity contribution in [2.75, 3.05) is 0 Å². The van der Waals surface area contributed by atoms with Gasteiger partial charge in [0.15, 0.2) is 0 Å². The van der Waals surface area contributed by atoms with Crippen LogP contribution in [-0.2, 0) is 5.54 Å². The van der Waals surface area contributed by atoms with Gasteiger partial charge < -0.3 is 0 Å². The van der Waals surface area contributed by atoms with E-state index >= 15 is 0 Å². The van der Waals surface area contributed by atoms with Crippen LogP contribution in [0.1, 0.15) is 45.6 Å². The van der Waals surface area contributed by atoms with E-state index < -0.39 is 0 Å². The Morgan fingerprint density at radius 2 is 2.00 bits per heavy atom. The van der Waals surface area contributed by atoms with Crippen LogP contribution in [0.15, 0.2) is 15.8 Å². The third-order valence-corrected chi connectivity index (χ3v) is 3.25. The normalized spacial score (nSPS) is 14.8. The van der Waals surface area contributed by atoms with Crippen molar-refractivity contribution in [1.82, 2.24) is 9.55 Å². The minimum Gasteiger partial charge on any atom is -0.295 e. The molecule has 0 aliphatic rings. The molecule has 1 aromatic heterocycles. The molecule has 0 aliphatic carbocycles. The van der Waals surface area contributed by atoms with Gasteiger partial charge in [-0.05, 0) is 26.7 Å². The molecule has 16 heavy (non-hydrogen) atoms. The van der Waals surface area contributed by atoms with E-state index in [0.717, 1.165) is 19.3 Å². The molecule has 90 valence electrons. The van der Waals surface area contributed by atoms with Crippen molar-refractivity contribution in [2.24, 2.45) is 0 Å². The predicted molar refractivity (Wildman–Crippen MR) is 64.9 cm³/mol. The number of hydrogen-bond acceptors (Lipinski definition) is 2. The Bertz CT molecular complexity index is 473. The highest BCUT2D eigenvalue weighted by atomic mass is 16.2. The van der Waals surface area contributed by atoms with E-state index in [2.05, 4.69) is 25.8 Å². The van der Waals surface area contributed by atoms with Gasteiger partial charge in [-0.3, -0.25) is 14.3 Å². The summed E-state index contributed by atoms with van der Waals surface area (Å²) in [7, 11) is 0. The van der Waals surface area contributed by atoms with E-state index in [1.165, 1.54) is 0 Å². The minimum absolute atomic E-state index is 0.208. The third-order valence-electron chi connectivity index (χ3n) is 3.25. The van der Waals surface area contributed by atoms with Gasteiger partial charge in [0.05, 0.1) is 0 Å². The van der Waals surface area contributed by atoms with E-state index in [9.17, 15) is 9.59 Å². The maximum atomic E-state index is 11.8. The average molecular weight is 224 g/mol. The molecule has 4 nitrogen and oxygen atoms in total. The lowest BCUT2D eigenvalue weighted by atomic mass is 9.92. The lowest BCUT2D eigenvalue weighted by molar-refractivity contribution is 0.265. The van der Waals surface area contributed by atoms with Crippen molar-refractivity contribution in [1.29, 1.82) is 0 Å². The Balaban J connectivity index is 3.36. The number of aromatic nitrogens is 2. The first-order chi connectivity index (χ1) is 7.44. The third kappa shape index (κ3) is 2.26. The van der Waals surface area contributed by atoms with Crippen molar-refractivity contribution in [3.63, 3.8) is 0 Å². The lowest BCUT2D eigenvalue weighted by Crippen LogP contribution is -2.42. The summed E-state index contributed by atoms with van der Waals surface area (Å²) in [4.78, 5) is 25.4. The highest BCUT2D eigenvalue weighted by Crippen LogP contribution is 2.24. The van der Waals surface area contributed by atoms with Crippen LogP contribution in [0.5, 0.6) is 0 Å². The molecule has 0 fully saturated rings. The summed E-state index contributed by atoms with van der Waals surface area (Å²) < 4.78 is 1.66. The van der Waals surface area contributed by atoms with Crippen molar-refractivity contribution in [2.45, 2.75) is 52.5 Å². The first-order valence-corrected chi connectivity index (χ1v) is 5.77. The van der Waals surface area contributed by atoms with Gasteiger partial charge in [0, 0.05) is 17.3 Å². The fourth-order valence-corrected chi connectivity index (χ4v) is 1.97. The Morgan fingerprint density at radius 1 is 1.38 bits per heavy atom. The summed E-state index contributed by atoms with van der Waals surface area (Å²) in [6, 6.07) is 0. The first-order valence-electron chi connectivity index (χ1n) is 5.77. The highest BCUT2D eigenvalue weighted by Gasteiger charge is 2.24. The number of nitrogens with zero attached hydrogens (tertiary/aromatic N) is 1. The molecular formula is C12H20N2O2. The highest BCUT2D eigenvalue weighted by molar-refractivity contribution is 5.03. The molecular weight excluding hydrogens is 204 g/mol. The Kier molecular flexibility index (Phi) is 3.73. The zero-order chi connectivity index (χ0) is 12.3. The molecule has 1 aromatic rings. The summed E-state index contributed by atoms with van der Waals surface area (Å²) in [5.41, 5.74) is -0.235. The monoisotopic (exact) mass is 224 g/mol. The molecule has 0 bridgehead atoms. The summed E-state index contributed by atoms with van der Waals surface area (Å²) in [5, 5.41) is 0. The zero-order valence-corrected chi connectivity index (χ0v) is 10.5. The zero-order valence-electron chi connectivity index (χ0n) is 10.5. The number of rotatable bonds is 4. The predicted octanol–water partition coefficient (Wildman–Crippen LogP) is 1.77. The summed E-state index contributed by atoms with van der Waals surface area (Å²) >= 11 is 0. The van der Waals surface area contributed by atoms with E-state index in [1.54, 1.807) is 17.7 Å². The Hall–Kier alpha value is -1.32. The van der Waals surface area contributed by atoms with E-state index in [1.807, 2.05) is 0 Å². The van der Waals surface area contributed by atoms with Crippen molar-refractivity contribution in [3.8, 4) is 0 Å². The van der Waals surface area contributed by atoms with Crippen LogP contribution in [0.25, 0.3) is 0 Å². The van der Waals surface area contributed by atoms with E-state index in [4.69, 9.17) is 0 Å². The van der Waals surface area contributed by atoms with Gasteiger partial charge >= 0.3 is 5.69 Å². The van der Waals surface area contributed by atoms with Gasteiger partial charge in [-0.25, -0.2) is 4.79 Å². The number of nitrogens with one attached hydrogen (secondary N) is 1. The summed E-state index contributed by atoms with van der Waals surface area (Å²) in [6.07, 6.45) is 4.47. The molecule has 0 spiro atoms. The summed E-state index contributed by atoms with van der Waals surface area (Å²) in [5.74, 6) is 0. The number of aromatic amines is 1. The van der Waals surface area contributed by atoms with Crippen LogP contribution in [0.2, 0.25) is 0 Å². The van der Waals surface area contributed by atoms with Crippen LogP contribution in [0.3, 0.4) is 0 Å². The standard InChI is InChI=1S/C12H20N2O2/c1-5-7-12(4,6-2)14-8-9(3)10(15)13-11(14)16/h8H,5-7H2,1-4H3,(H,13,15,16)/t12-/m1/s1. The Morgan fingerprint density at radius 3 is 2.50 bits per heavy atom. The maximum absolute atomic E-state index is 11.8. The van der Waals surface area contributed by atoms with Gasteiger partial charge in [0.2, 0.25) is 0 Å². The summed E-state index contributed by atoms with van der Waals surface area (Å²) in [6.45, 7) is 7.92. The average Bonchev–Trinajstić information content (AvgIpc) is 2.23.